The van der Waals surface area contributed by atoms with Gasteiger partial charge in [-0.1, -0.05) is 68.1 Å². The van der Waals surface area contributed by atoms with Crippen molar-refractivity contribution in [2.75, 3.05) is 24.7 Å². The summed E-state index contributed by atoms with van der Waals surface area (Å²) < 4.78 is 1.52. The lowest BCUT2D eigenvalue weighted by molar-refractivity contribution is -0.130. The minimum Gasteiger partial charge on any atom is -0.341 e. The van der Waals surface area contributed by atoms with Crippen LogP contribution in [0.15, 0.2) is 47.6 Å². The van der Waals surface area contributed by atoms with Gasteiger partial charge < -0.3 is 10.7 Å². The molecule has 2 atom stereocenters. The standard InChI is InChI=1S/C22H27N5OS/c1-15-10-16(2)13-26(12-15)21(28)14-29-22-25-24-20(27(22)23)11-18-8-5-7-17-6-3-4-9-19(17)18/h3-9,15-16H,10-14,23H2,1-2H3/t15-,16-/m0/s1. The molecule has 6 nitrogen and oxygen atoms in total. The molecule has 152 valence electrons. The zero-order chi connectivity index (χ0) is 20.4. The maximum Gasteiger partial charge on any atom is 0.233 e. The van der Waals surface area contributed by atoms with Crippen LogP contribution in [-0.2, 0) is 11.2 Å². The van der Waals surface area contributed by atoms with Crippen LogP contribution in [0.25, 0.3) is 10.8 Å². The van der Waals surface area contributed by atoms with Gasteiger partial charge in [0, 0.05) is 19.5 Å². The highest BCUT2D eigenvalue weighted by atomic mass is 32.2. The van der Waals surface area contributed by atoms with Crippen molar-refractivity contribution in [1.82, 2.24) is 19.8 Å². The monoisotopic (exact) mass is 409 g/mol. The average molecular weight is 410 g/mol. The number of carbonyl (C=O) groups excluding carboxylic acids is 1. The number of aromatic nitrogens is 3. The number of nitrogens with two attached hydrogens (primary N) is 1. The van der Waals surface area contributed by atoms with E-state index in [9.17, 15) is 4.79 Å². The highest BCUT2D eigenvalue weighted by molar-refractivity contribution is 7.99. The van der Waals surface area contributed by atoms with E-state index in [2.05, 4.69) is 48.3 Å². The Morgan fingerprint density at radius 1 is 1.10 bits per heavy atom. The number of thioether (sulfide) groups is 1. The summed E-state index contributed by atoms with van der Waals surface area (Å²) in [4.78, 5) is 14.6. The minimum atomic E-state index is 0.145. The van der Waals surface area contributed by atoms with E-state index in [-0.39, 0.29) is 5.91 Å². The highest BCUT2D eigenvalue weighted by Gasteiger charge is 2.25. The normalized spacial score (nSPS) is 19.6. The summed E-state index contributed by atoms with van der Waals surface area (Å²) in [7, 11) is 0. The molecule has 4 rings (SSSR count). The minimum absolute atomic E-state index is 0.145. The van der Waals surface area contributed by atoms with Crippen molar-refractivity contribution < 1.29 is 4.79 Å². The smallest absolute Gasteiger partial charge is 0.233 e. The van der Waals surface area contributed by atoms with Crippen LogP contribution in [0.2, 0.25) is 0 Å². The van der Waals surface area contributed by atoms with Gasteiger partial charge in [0.2, 0.25) is 11.1 Å². The summed E-state index contributed by atoms with van der Waals surface area (Å²) >= 11 is 1.36. The summed E-state index contributed by atoms with van der Waals surface area (Å²) in [6.45, 7) is 6.09. The van der Waals surface area contributed by atoms with Gasteiger partial charge >= 0.3 is 0 Å². The number of rotatable bonds is 5. The fraction of sp³-hybridized carbons (Fsp3) is 0.409. The molecule has 1 aliphatic heterocycles. The zero-order valence-corrected chi connectivity index (χ0v) is 17.7. The molecule has 0 aliphatic carbocycles. The van der Waals surface area contributed by atoms with Gasteiger partial charge in [-0.15, -0.1) is 10.2 Å². The Morgan fingerprint density at radius 2 is 1.83 bits per heavy atom. The van der Waals surface area contributed by atoms with E-state index < -0.39 is 0 Å². The van der Waals surface area contributed by atoms with E-state index in [1.807, 2.05) is 23.1 Å². The number of carbonyl (C=O) groups is 1. The second kappa shape index (κ2) is 8.45. The van der Waals surface area contributed by atoms with Crippen molar-refractivity contribution in [3.8, 4) is 0 Å². The number of amides is 1. The van der Waals surface area contributed by atoms with Gasteiger partial charge in [0.15, 0.2) is 5.82 Å². The van der Waals surface area contributed by atoms with E-state index in [1.165, 1.54) is 33.6 Å². The van der Waals surface area contributed by atoms with Gasteiger partial charge in [0.05, 0.1) is 5.75 Å². The summed E-state index contributed by atoms with van der Waals surface area (Å²) in [6.07, 6.45) is 1.78. The van der Waals surface area contributed by atoms with Crippen molar-refractivity contribution in [2.24, 2.45) is 11.8 Å². The molecule has 0 spiro atoms. The second-order valence-electron chi connectivity index (χ2n) is 8.12. The predicted molar refractivity (Wildman–Crippen MR) is 117 cm³/mol. The first-order valence-electron chi connectivity index (χ1n) is 10.1. The van der Waals surface area contributed by atoms with E-state index in [0.717, 1.165) is 18.7 Å². The van der Waals surface area contributed by atoms with Crippen LogP contribution in [0.5, 0.6) is 0 Å². The van der Waals surface area contributed by atoms with Crippen molar-refractivity contribution in [2.45, 2.75) is 31.8 Å². The summed E-state index contributed by atoms with van der Waals surface area (Å²) in [5.41, 5.74) is 1.16. The molecule has 2 N–H and O–H groups in total. The van der Waals surface area contributed by atoms with Gasteiger partial charge in [-0.3, -0.25) is 4.79 Å². The van der Waals surface area contributed by atoms with E-state index in [0.29, 0.717) is 35.0 Å². The molecular weight excluding hydrogens is 382 g/mol. The highest BCUT2D eigenvalue weighted by Crippen LogP contribution is 2.24. The molecule has 1 aromatic heterocycles. The molecule has 0 unspecified atom stereocenters. The van der Waals surface area contributed by atoms with Crippen LogP contribution in [0.3, 0.4) is 0 Å². The zero-order valence-electron chi connectivity index (χ0n) is 16.9. The number of piperidine rings is 1. The average Bonchev–Trinajstić information content (AvgIpc) is 3.05. The third-order valence-corrected chi connectivity index (χ3v) is 6.44. The number of hydrogen-bond acceptors (Lipinski definition) is 5. The molecule has 0 radical (unpaired) electrons. The Bertz CT molecular complexity index is 1000. The van der Waals surface area contributed by atoms with Gasteiger partial charge in [-0.05, 0) is 34.6 Å². The van der Waals surface area contributed by atoms with Crippen LogP contribution in [-0.4, -0.2) is 44.5 Å². The molecule has 1 fully saturated rings. The Kier molecular flexibility index (Phi) is 5.76. The first-order valence-corrected chi connectivity index (χ1v) is 11.1. The molecule has 2 aromatic carbocycles. The molecule has 29 heavy (non-hydrogen) atoms. The maximum atomic E-state index is 12.6. The topological polar surface area (TPSA) is 77.0 Å². The number of hydrogen-bond donors (Lipinski definition) is 1. The molecule has 1 aliphatic rings. The molecule has 7 heteroatoms. The van der Waals surface area contributed by atoms with E-state index in [4.69, 9.17) is 5.84 Å². The van der Waals surface area contributed by atoms with E-state index >= 15 is 0 Å². The molecule has 0 bridgehead atoms. The number of nitrogens with zero attached hydrogens (tertiary/aromatic N) is 4. The predicted octanol–water partition coefficient (Wildman–Crippen LogP) is 3.33. The fourth-order valence-corrected chi connectivity index (χ4v) is 5.01. The first-order chi connectivity index (χ1) is 14.0. The van der Waals surface area contributed by atoms with Crippen LogP contribution >= 0.6 is 11.8 Å². The van der Waals surface area contributed by atoms with E-state index in [1.54, 1.807) is 0 Å². The molecule has 1 amide bonds. The van der Waals surface area contributed by atoms with Gasteiger partial charge in [0.1, 0.15) is 0 Å². The summed E-state index contributed by atoms with van der Waals surface area (Å²) in [5, 5.41) is 11.5. The van der Waals surface area contributed by atoms with Crippen molar-refractivity contribution in [3.63, 3.8) is 0 Å². The first kappa shape index (κ1) is 19.8. The lowest BCUT2D eigenvalue weighted by Gasteiger charge is -2.34. The lowest BCUT2D eigenvalue weighted by atomic mass is 9.92. The summed E-state index contributed by atoms with van der Waals surface area (Å²) in [5.74, 6) is 8.53. The number of benzene rings is 2. The largest absolute Gasteiger partial charge is 0.341 e. The third kappa shape index (κ3) is 4.40. The molecule has 3 aromatic rings. The molecule has 0 saturated carbocycles. The Morgan fingerprint density at radius 3 is 2.62 bits per heavy atom. The Hall–Kier alpha value is -2.54. The van der Waals surface area contributed by atoms with Crippen LogP contribution in [0.1, 0.15) is 31.7 Å². The van der Waals surface area contributed by atoms with Crippen molar-refractivity contribution in [3.05, 3.63) is 53.9 Å². The number of nitrogen functional groups attached to an aromatic ring is 1. The molecule has 1 saturated heterocycles. The van der Waals surface area contributed by atoms with Crippen LogP contribution in [0, 0.1) is 11.8 Å². The Balaban J connectivity index is 1.43. The quantitative estimate of drug-likeness (QED) is 0.517. The second-order valence-corrected chi connectivity index (χ2v) is 9.06. The number of likely N-dealkylation sites (tertiary alicyclic amines) is 1. The van der Waals surface area contributed by atoms with Gasteiger partial charge in [-0.25, -0.2) is 4.68 Å². The van der Waals surface area contributed by atoms with Crippen LogP contribution < -0.4 is 5.84 Å². The number of fused-ring (bicyclic) bond motifs is 1. The fourth-order valence-electron chi connectivity index (χ4n) is 4.23. The van der Waals surface area contributed by atoms with Crippen molar-refractivity contribution >= 4 is 28.4 Å². The molecule has 2 heterocycles. The van der Waals surface area contributed by atoms with Crippen molar-refractivity contribution in [1.29, 1.82) is 0 Å². The third-order valence-electron chi connectivity index (χ3n) is 5.51. The SMILES string of the molecule is C[C@H]1C[C@H](C)CN(C(=O)CSc2nnc(Cc3cccc4ccccc34)n2N)C1. The maximum absolute atomic E-state index is 12.6. The van der Waals surface area contributed by atoms with Gasteiger partial charge in [0.25, 0.3) is 0 Å². The summed E-state index contributed by atoms with van der Waals surface area (Å²) in [6, 6.07) is 14.5. The van der Waals surface area contributed by atoms with Gasteiger partial charge in [-0.2, -0.15) is 0 Å². The van der Waals surface area contributed by atoms with Crippen LogP contribution in [0.4, 0.5) is 0 Å². The lowest BCUT2D eigenvalue weighted by Crippen LogP contribution is -2.43. The Labute approximate surface area is 175 Å². The molecular formula is C22H27N5OS.